The van der Waals surface area contributed by atoms with Crippen molar-refractivity contribution >= 4 is 27.9 Å². The van der Waals surface area contributed by atoms with Crippen LogP contribution in [0.15, 0.2) is 35.6 Å². The van der Waals surface area contributed by atoms with Crippen LogP contribution < -0.4 is 5.32 Å². The van der Waals surface area contributed by atoms with Gasteiger partial charge in [0.15, 0.2) is 0 Å². The normalized spacial score (nSPS) is 14.5. The van der Waals surface area contributed by atoms with Crippen LogP contribution in [0.2, 0.25) is 0 Å². The summed E-state index contributed by atoms with van der Waals surface area (Å²) in [7, 11) is 1.81. The highest BCUT2D eigenvalue weighted by Gasteiger charge is 2.14. The van der Waals surface area contributed by atoms with E-state index in [4.69, 9.17) is 0 Å². The van der Waals surface area contributed by atoms with Crippen molar-refractivity contribution in [3.63, 3.8) is 0 Å². The molecule has 0 saturated heterocycles. The lowest BCUT2D eigenvalue weighted by molar-refractivity contribution is 0.625. The van der Waals surface area contributed by atoms with Gasteiger partial charge in [-0.2, -0.15) is 0 Å². The fraction of sp³-hybridized carbons (Fsp3) is 0.200. The molecule has 4 heteroatoms. The van der Waals surface area contributed by atoms with E-state index in [1.807, 2.05) is 26.1 Å². The first kappa shape index (κ1) is 11.8. The van der Waals surface area contributed by atoms with E-state index in [-0.39, 0.29) is 5.82 Å². The number of rotatable bonds is 2. The van der Waals surface area contributed by atoms with E-state index in [9.17, 15) is 4.39 Å². The molecule has 0 saturated carbocycles. The summed E-state index contributed by atoms with van der Waals surface area (Å²) in [5.74, 6) is 0.556. The lowest BCUT2D eigenvalue weighted by Crippen LogP contribution is -1.95. The molecule has 0 amide bonds. The van der Waals surface area contributed by atoms with Crippen LogP contribution in [0.4, 0.5) is 10.2 Å². The zero-order chi connectivity index (χ0) is 13.4. The average molecular weight is 255 g/mol. The number of pyridine rings is 1. The van der Waals surface area contributed by atoms with Gasteiger partial charge in [-0.15, -0.1) is 0 Å². The molecule has 0 spiro atoms. The Morgan fingerprint density at radius 2 is 2.05 bits per heavy atom. The highest BCUT2D eigenvalue weighted by molar-refractivity contribution is 5.98. The van der Waals surface area contributed by atoms with Crippen LogP contribution in [0.3, 0.4) is 0 Å². The van der Waals surface area contributed by atoms with Gasteiger partial charge in [-0.3, -0.25) is 4.99 Å². The van der Waals surface area contributed by atoms with Crippen LogP contribution >= 0.6 is 0 Å². The molecule has 3 rings (SSSR count). The Morgan fingerprint density at radius 3 is 2.74 bits per heavy atom. The third kappa shape index (κ3) is 2.10. The molecular formula is C15H14FN3. The third-order valence-electron chi connectivity index (χ3n) is 3.30. The van der Waals surface area contributed by atoms with E-state index in [2.05, 4.69) is 15.3 Å². The number of aromatic nitrogens is 1. The summed E-state index contributed by atoms with van der Waals surface area (Å²) in [5.41, 5.74) is 2.57. The van der Waals surface area contributed by atoms with Crippen molar-refractivity contribution in [2.75, 3.05) is 12.4 Å². The van der Waals surface area contributed by atoms with E-state index in [1.165, 1.54) is 6.07 Å². The number of hydrogen-bond acceptors (Lipinski definition) is 3. The molecule has 0 atom stereocenters. The fourth-order valence-corrected chi connectivity index (χ4v) is 2.27. The number of hydrogen-bond donors (Lipinski definition) is 1. The Balaban J connectivity index is 2.12. The molecule has 2 aromatic rings. The van der Waals surface area contributed by atoms with Crippen LogP contribution in [-0.4, -0.2) is 17.7 Å². The first-order valence-corrected chi connectivity index (χ1v) is 6.17. The summed E-state index contributed by atoms with van der Waals surface area (Å²) < 4.78 is 14.1. The average Bonchev–Trinajstić information content (AvgIpc) is 2.84. The van der Waals surface area contributed by atoms with Crippen LogP contribution in [0.25, 0.3) is 16.3 Å². The molecule has 0 bridgehead atoms. The predicted octanol–water partition coefficient (Wildman–Crippen LogP) is 3.62. The number of aliphatic imine (C=N–C) groups is 1. The van der Waals surface area contributed by atoms with Gasteiger partial charge in [0.1, 0.15) is 11.6 Å². The SMILES string of the molecule is CNc1cc2cc(C3=CN=C(C)C3)c(F)cc2cn1. The third-order valence-corrected chi connectivity index (χ3v) is 3.30. The molecule has 0 aliphatic carbocycles. The number of anilines is 1. The molecule has 19 heavy (non-hydrogen) atoms. The topological polar surface area (TPSA) is 37.3 Å². The maximum absolute atomic E-state index is 14.1. The monoisotopic (exact) mass is 255 g/mol. The molecule has 1 N–H and O–H groups in total. The smallest absolute Gasteiger partial charge is 0.131 e. The van der Waals surface area contributed by atoms with E-state index >= 15 is 0 Å². The molecule has 0 radical (unpaired) electrons. The molecule has 1 aliphatic rings. The number of nitrogens with zero attached hydrogens (tertiary/aromatic N) is 2. The van der Waals surface area contributed by atoms with Gasteiger partial charge in [0, 0.05) is 42.5 Å². The zero-order valence-corrected chi connectivity index (χ0v) is 10.9. The fourth-order valence-electron chi connectivity index (χ4n) is 2.27. The molecule has 0 fully saturated rings. The predicted molar refractivity (Wildman–Crippen MR) is 77.0 cm³/mol. The van der Waals surface area contributed by atoms with Gasteiger partial charge in [-0.1, -0.05) is 0 Å². The quantitative estimate of drug-likeness (QED) is 0.889. The second-order valence-corrected chi connectivity index (χ2v) is 4.69. The van der Waals surface area contributed by atoms with E-state index in [0.717, 1.165) is 27.9 Å². The summed E-state index contributed by atoms with van der Waals surface area (Å²) >= 11 is 0. The lowest BCUT2D eigenvalue weighted by Gasteiger charge is -2.08. The van der Waals surface area contributed by atoms with Crippen molar-refractivity contribution in [1.82, 2.24) is 4.98 Å². The molecule has 2 heterocycles. The van der Waals surface area contributed by atoms with Crippen LogP contribution in [0.5, 0.6) is 0 Å². The molecule has 1 aliphatic heterocycles. The number of allylic oxidation sites excluding steroid dienone is 1. The molecule has 0 unspecified atom stereocenters. The highest BCUT2D eigenvalue weighted by Crippen LogP contribution is 2.29. The number of benzene rings is 1. The number of fused-ring (bicyclic) bond motifs is 1. The Bertz CT molecular complexity index is 717. The zero-order valence-electron chi connectivity index (χ0n) is 10.9. The second kappa shape index (κ2) is 4.46. The highest BCUT2D eigenvalue weighted by atomic mass is 19.1. The first-order valence-electron chi connectivity index (χ1n) is 6.17. The summed E-state index contributed by atoms with van der Waals surface area (Å²) in [5, 5.41) is 4.76. The van der Waals surface area contributed by atoms with Crippen molar-refractivity contribution in [3.05, 3.63) is 42.0 Å². The summed E-state index contributed by atoms with van der Waals surface area (Å²) in [6.07, 6.45) is 4.14. The van der Waals surface area contributed by atoms with Gasteiger partial charge >= 0.3 is 0 Å². The first-order chi connectivity index (χ1) is 9.17. The maximum Gasteiger partial charge on any atom is 0.131 e. The molecular weight excluding hydrogens is 241 g/mol. The van der Waals surface area contributed by atoms with Gasteiger partial charge in [-0.25, -0.2) is 9.37 Å². The summed E-state index contributed by atoms with van der Waals surface area (Å²) in [6.45, 7) is 1.95. The van der Waals surface area contributed by atoms with E-state index in [0.29, 0.717) is 12.0 Å². The molecule has 1 aromatic carbocycles. The summed E-state index contributed by atoms with van der Waals surface area (Å²) in [6, 6.07) is 5.32. The van der Waals surface area contributed by atoms with Crippen LogP contribution in [0.1, 0.15) is 18.9 Å². The van der Waals surface area contributed by atoms with Gasteiger partial charge < -0.3 is 5.32 Å². The van der Waals surface area contributed by atoms with Crippen molar-refractivity contribution in [1.29, 1.82) is 0 Å². The van der Waals surface area contributed by atoms with Crippen LogP contribution in [0, 0.1) is 5.82 Å². The minimum Gasteiger partial charge on any atom is -0.373 e. The Kier molecular flexibility index (Phi) is 2.78. The standard InChI is InChI=1S/C15H14FN3/c1-9-3-12(8-18-9)13-4-10-6-15(17-2)19-7-11(10)5-14(13)16/h4-8H,3H2,1-2H3,(H,17,19). The lowest BCUT2D eigenvalue weighted by atomic mass is 9.99. The van der Waals surface area contributed by atoms with Gasteiger partial charge in [-0.05, 0) is 36.1 Å². The van der Waals surface area contributed by atoms with Crippen molar-refractivity contribution < 1.29 is 4.39 Å². The minimum absolute atomic E-state index is 0.220. The maximum atomic E-state index is 14.1. The van der Waals surface area contributed by atoms with Crippen molar-refractivity contribution in [3.8, 4) is 0 Å². The largest absolute Gasteiger partial charge is 0.373 e. The van der Waals surface area contributed by atoms with E-state index in [1.54, 1.807) is 12.4 Å². The van der Waals surface area contributed by atoms with Crippen molar-refractivity contribution in [2.45, 2.75) is 13.3 Å². The van der Waals surface area contributed by atoms with Gasteiger partial charge in [0.05, 0.1) is 0 Å². The van der Waals surface area contributed by atoms with Gasteiger partial charge in [0.2, 0.25) is 0 Å². The molecule has 1 aromatic heterocycles. The van der Waals surface area contributed by atoms with Gasteiger partial charge in [0.25, 0.3) is 0 Å². The van der Waals surface area contributed by atoms with Crippen molar-refractivity contribution in [2.24, 2.45) is 4.99 Å². The van der Waals surface area contributed by atoms with Crippen LogP contribution in [-0.2, 0) is 0 Å². The molecule has 3 nitrogen and oxygen atoms in total. The Morgan fingerprint density at radius 1 is 1.21 bits per heavy atom. The second-order valence-electron chi connectivity index (χ2n) is 4.69. The Labute approximate surface area is 110 Å². The van der Waals surface area contributed by atoms with E-state index < -0.39 is 0 Å². The summed E-state index contributed by atoms with van der Waals surface area (Å²) in [4.78, 5) is 8.40. The number of nitrogens with one attached hydrogen (secondary N) is 1. The minimum atomic E-state index is -0.220. The number of halogens is 1. The Hall–Kier alpha value is -2.23. The molecule has 96 valence electrons.